The van der Waals surface area contributed by atoms with Crippen LogP contribution in [0, 0.1) is 11.3 Å². The fraction of sp³-hybridized carbons (Fsp3) is 0.250. The monoisotopic (exact) mass is 196 g/mol. The molecule has 0 amide bonds. The molecule has 1 heterocycles. The Morgan fingerprint density at radius 2 is 2.31 bits per heavy atom. The number of nitrogens with zero attached hydrogens (tertiary/aromatic N) is 2. The van der Waals surface area contributed by atoms with Crippen molar-refractivity contribution in [1.82, 2.24) is 4.98 Å². The summed E-state index contributed by atoms with van der Waals surface area (Å²) in [4.78, 5) is 3.96. The van der Waals surface area contributed by atoms with Gasteiger partial charge in [0.2, 0.25) is 0 Å². The van der Waals surface area contributed by atoms with Gasteiger partial charge in [0.25, 0.3) is 0 Å². The van der Waals surface area contributed by atoms with Gasteiger partial charge >= 0.3 is 0 Å². The summed E-state index contributed by atoms with van der Waals surface area (Å²) < 4.78 is 0. The molecule has 0 saturated carbocycles. The zero-order valence-electron chi connectivity index (χ0n) is 6.87. The van der Waals surface area contributed by atoms with Crippen LogP contribution < -0.4 is 11.5 Å². The van der Waals surface area contributed by atoms with Gasteiger partial charge in [-0.1, -0.05) is 11.6 Å². The maximum absolute atomic E-state index is 8.63. The number of aromatic nitrogens is 1. The van der Waals surface area contributed by atoms with Crippen LogP contribution in [0.25, 0.3) is 0 Å². The molecule has 1 aromatic heterocycles. The molecule has 0 unspecified atom stereocenters. The van der Waals surface area contributed by atoms with Crippen molar-refractivity contribution in [3.63, 3.8) is 0 Å². The molecule has 0 aromatic carbocycles. The molecular weight excluding hydrogens is 188 g/mol. The van der Waals surface area contributed by atoms with Crippen LogP contribution in [-0.2, 0) is 0 Å². The van der Waals surface area contributed by atoms with E-state index >= 15 is 0 Å². The van der Waals surface area contributed by atoms with Gasteiger partial charge in [0.1, 0.15) is 6.07 Å². The molecule has 0 spiro atoms. The third kappa shape index (κ3) is 2.16. The van der Waals surface area contributed by atoms with E-state index in [1.54, 1.807) is 12.1 Å². The fourth-order valence-electron chi connectivity index (χ4n) is 0.863. The highest BCUT2D eigenvalue weighted by atomic mass is 35.5. The van der Waals surface area contributed by atoms with Crippen LogP contribution in [0.3, 0.4) is 0 Å². The van der Waals surface area contributed by atoms with Crippen molar-refractivity contribution in [3.05, 3.63) is 28.5 Å². The summed E-state index contributed by atoms with van der Waals surface area (Å²) in [6, 6.07) is 4.79. The van der Waals surface area contributed by atoms with E-state index in [9.17, 15) is 0 Å². The third-order valence-corrected chi connectivity index (χ3v) is 1.91. The van der Waals surface area contributed by atoms with Gasteiger partial charge in [-0.25, -0.2) is 4.98 Å². The van der Waals surface area contributed by atoms with Crippen molar-refractivity contribution in [2.75, 3.05) is 6.54 Å². The van der Waals surface area contributed by atoms with Crippen LogP contribution in [0.5, 0.6) is 0 Å². The van der Waals surface area contributed by atoms with E-state index in [1.807, 2.05) is 6.07 Å². The van der Waals surface area contributed by atoms with Gasteiger partial charge < -0.3 is 11.5 Å². The smallest absolute Gasteiger partial charge is 0.159 e. The standard InChI is InChI=1S/C8H9ClN4/c9-5-1-2-7(6(12)3-10)13-8(5)4-11/h1-2,6H,3,10,12H2/t6-/m1/s1. The minimum atomic E-state index is -0.343. The van der Waals surface area contributed by atoms with E-state index in [0.717, 1.165) is 0 Å². The van der Waals surface area contributed by atoms with Gasteiger partial charge in [-0.3, -0.25) is 0 Å². The average molecular weight is 197 g/mol. The second-order valence-electron chi connectivity index (χ2n) is 2.52. The van der Waals surface area contributed by atoms with Crippen molar-refractivity contribution in [2.24, 2.45) is 11.5 Å². The highest BCUT2D eigenvalue weighted by Gasteiger charge is 2.08. The zero-order chi connectivity index (χ0) is 9.84. The number of nitriles is 1. The molecule has 0 fully saturated rings. The van der Waals surface area contributed by atoms with Gasteiger partial charge in [0.05, 0.1) is 16.8 Å². The van der Waals surface area contributed by atoms with Gasteiger partial charge in [0, 0.05) is 6.54 Å². The molecule has 0 saturated heterocycles. The highest BCUT2D eigenvalue weighted by Crippen LogP contribution is 2.15. The summed E-state index contributed by atoms with van der Waals surface area (Å²) in [5, 5.41) is 8.96. The Kier molecular flexibility index (Phi) is 3.20. The van der Waals surface area contributed by atoms with Crippen LogP contribution in [0.4, 0.5) is 0 Å². The van der Waals surface area contributed by atoms with Crippen LogP contribution in [0.1, 0.15) is 17.4 Å². The first-order valence-corrected chi connectivity index (χ1v) is 4.09. The van der Waals surface area contributed by atoms with Crippen molar-refractivity contribution >= 4 is 11.6 Å². The maximum Gasteiger partial charge on any atom is 0.159 e. The van der Waals surface area contributed by atoms with Gasteiger partial charge in [-0.05, 0) is 12.1 Å². The zero-order valence-corrected chi connectivity index (χ0v) is 7.62. The van der Waals surface area contributed by atoms with Crippen molar-refractivity contribution < 1.29 is 0 Å². The van der Waals surface area contributed by atoms with Crippen LogP contribution in [-0.4, -0.2) is 11.5 Å². The van der Waals surface area contributed by atoms with Crippen LogP contribution in [0.15, 0.2) is 12.1 Å². The summed E-state index contributed by atoms with van der Waals surface area (Å²) in [5.74, 6) is 0. The molecule has 4 nitrogen and oxygen atoms in total. The summed E-state index contributed by atoms with van der Waals surface area (Å²) in [5.41, 5.74) is 11.8. The van der Waals surface area contributed by atoms with Crippen LogP contribution >= 0.6 is 11.6 Å². The van der Waals surface area contributed by atoms with Crippen molar-refractivity contribution in [2.45, 2.75) is 6.04 Å². The fourth-order valence-corrected chi connectivity index (χ4v) is 1.01. The predicted octanol–water partition coefficient (Wildman–Crippen LogP) is 0.565. The largest absolute Gasteiger partial charge is 0.329 e. The number of pyridine rings is 1. The molecule has 13 heavy (non-hydrogen) atoms. The topological polar surface area (TPSA) is 88.7 Å². The SMILES string of the molecule is N#Cc1nc([C@H](N)CN)ccc1Cl. The van der Waals surface area contributed by atoms with E-state index in [4.69, 9.17) is 28.3 Å². The number of halogens is 1. The van der Waals surface area contributed by atoms with E-state index in [2.05, 4.69) is 4.98 Å². The molecule has 1 aromatic rings. The maximum atomic E-state index is 8.63. The lowest BCUT2D eigenvalue weighted by atomic mass is 10.2. The Balaban J connectivity index is 3.08. The Hall–Kier alpha value is -1.15. The van der Waals surface area contributed by atoms with Crippen molar-refractivity contribution in [1.29, 1.82) is 5.26 Å². The molecule has 0 radical (unpaired) electrons. The van der Waals surface area contributed by atoms with Crippen molar-refractivity contribution in [3.8, 4) is 6.07 Å². The molecule has 0 aliphatic carbocycles. The van der Waals surface area contributed by atoms with Gasteiger partial charge in [0.15, 0.2) is 5.69 Å². The Morgan fingerprint density at radius 3 is 2.85 bits per heavy atom. The second-order valence-corrected chi connectivity index (χ2v) is 2.93. The predicted molar refractivity (Wildman–Crippen MR) is 49.9 cm³/mol. The van der Waals surface area contributed by atoms with E-state index < -0.39 is 0 Å². The first-order chi connectivity index (χ1) is 6.19. The average Bonchev–Trinajstić information content (AvgIpc) is 2.17. The quantitative estimate of drug-likeness (QED) is 0.724. The number of rotatable bonds is 2. The second kappa shape index (κ2) is 4.19. The molecule has 0 bridgehead atoms. The number of hydrogen-bond acceptors (Lipinski definition) is 4. The van der Waals surface area contributed by atoms with E-state index in [0.29, 0.717) is 17.3 Å². The minimum Gasteiger partial charge on any atom is -0.329 e. The molecular formula is C8H9ClN4. The molecule has 68 valence electrons. The first kappa shape index (κ1) is 9.93. The first-order valence-electron chi connectivity index (χ1n) is 3.71. The van der Waals surface area contributed by atoms with Crippen LogP contribution in [0.2, 0.25) is 5.02 Å². The Morgan fingerprint density at radius 1 is 1.62 bits per heavy atom. The lowest BCUT2D eigenvalue weighted by Gasteiger charge is -2.07. The van der Waals surface area contributed by atoms with E-state index in [1.165, 1.54) is 0 Å². The van der Waals surface area contributed by atoms with Gasteiger partial charge in [-0.15, -0.1) is 0 Å². The van der Waals surface area contributed by atoms with E-state index in [-0.39, 0.29) is 11.7 Å². The summed E-state index contributed by atoms with van der Waals surface area (Å²) >= 11 is 5.69. The summed E-state index contributed by atoms with van der Waals surface area (Å²) in [7, 11) is 0. The third-order valence-electron chi connectivity index (χ3n) is 1.61. The Bertz CT molecular complexity index is 344. The molecule has 4 N–H and O–H groups in total. The molecule has 1 atom stereocenters. The summed E-state index contributed by atoms with van der Waals surface area (Å²) in [6.45, 7) is 0.291. The lowest BCUT2D eigenvalue weighted by Crippen LogP contribution is -2.22. The molecule has 1 rings (SSSR count). The lowest BCUT2D eigenvalue weighted by molar-refractivity contribution is 0.710. The molecule has 0 aliphatic rings. The number of hydrogen-bond donors (Lipinski definition) is 2. The molecule has 0 aliphatic heterocycles. The number of nitrogens with two attached hydrogens (primary N) is 2. The molecule has 5 heteroatoms. The Labute approximate surface area is 81.1 Å². The highest BCUT2D eigenvalue weighted by molar-refractivity contribution is 6.31. The normalized spacial score (nSPS) is 12.2. The minimum absolute atomic E-state index is 0.183. The summed E-state index contributed by atoms with van der Waals surface area (Å²) in [6.07, 6.45) is 0. The van der Waals surface area contributed by atoms with Gasteiger partial charge in [-0.2, -0.15) is 5.26 Å².